The molecule has 0 aliphatic carbocycles. The minimum Gasteiger partial charge on any atom is -0.459 e. The number of carbonyl (C=O) groups is 3. The van der Waals surface area contributed by atoms with Crippen LogP contribution in [0.25, 0.3) is 0 Å². The largest absolute Gasteiger partial charge is 0.459 e. The van der Waals surface area contributed by atoms with Crippen molar-refractivity contribution in [1.29, 1.82) is 0 Å². The number of furan rings is 1. The number of amides is 2. The van der Waals surface area contributed by atoms with Gasteiger partial charge in [0.1, 0.15) is 4.88 Å². The van der Waals surface area contributed by atoms with Gasteiger partial charge in [-0.3, -0.25) is 9.59 Å². The van der Waals surface area contributed by atoms with E-state index < -0.39 is 18.0 Å². The van der Waals surface area contributed by atoms with E-state index in [0.29, 0.717) is 22.0 Å². The van der Waals surface area contributed by atoms with Crippen molar-refractivity contribution in [2.24, 2.45) is 0 Å². The van der Waals surface area contributed by atoms with Crippen LogP contribution in [0.1, 0.15) is 46.1 Å². The van der Waals surface area contributed by atoms with Crippen molar-refractivity contribution in [2.45, 2.75) is 33.3 Å². The quantitative estimate of drug-likeness (QED) is 0.736. The Kier molecular flexibility index (Phi) is 6.35. The summed E-state index contributed by atoms with van der Waals surface area (Å²) in [6.45, 7) is 5.72. The maximum absolute atomic E-state index is 12.3. The number of esters is 1. The topological polar surface area (TPSA) is 97.6 Å². The molecule has 134 valence electrons. The Morgan fingerprint density at radius 1 is 1.36 bits per heavy atom. The molecule has 2 aromatic rings. The Morgan fingerprint density at radius 2 is 2.12 bits per heavy atom. The average Bonchev–Trinajstić information content (AvgIpc) is 3.22. The summed E-state index contributed by atoms with van der Waals surface area (Å²) < 4.78 is 10.2. The lowest BCUT2D eigenvalue weighted by Gasteiger charge is -2.12. The van der Waals surface area contributed by atoms with E-state index in [1.54, 1.807) is 25.1 Å². The maximum atomic E-state index is 12.3. The molecule has 0 aliphatic heterocycles. The van der Waals surface area contributed by atoms with Crippen molar-refractivity contribution in [1.82, 2.24) is 5.32 Å². The van der Waals surface area contributed by atoms with Gasteiger partial charge in [-0.2, -0.15) is 0 Å². The molecule has 2 aromatic heterocycles. The number of ether oxygens (including phenoxy) is 1. The molecule has 2 amide bonds. The third-order valence-electron chi connectivity index (χ3n) is 3.29. The highest BCUT2D eigenvalue weighted by molar-refractivity contribution is 7.18. The number of hydrogen-bond acceptors (Lipinski definition) is 6. The summed E-state index contributed by atoms with van der Waals surface area (Å²) in [5, 5.41) is 5.83. The molecular weight excluding hydrogens is 344 g/mol. The van der Waals surface area contributed by atoms with Crippen molar-refractivity contribution in [3.05, 3.63) is 40.7 Å². The summed E-state index contributed by atoms with van der Waals surface area (Å²) in [6.07, 6.45) is 1.32. The zero-order valence-corrected chi connectivity index (χ0v) is 15.1. The Labute approximate surface area is 149 Å². The van der Waals surface area contributed by atoms with E-state index in [0.717, 1.165) is 17.8 Å². The second-order valence-corrected chi connectivity index (χ2v) is 6.44. The van der Waals surface area contributed by atoms with Gasteiger partial charge in [0.2, 0.25) is 0 Å². The van der Waals surface area contributed by atoms with E-state index in [2.05, 4.69) is 10.6 Å². The van der Waals surface area contributed by atoms with Gasteiger partial charge in [-0.05, 0) is 44.0 Å². The maximum Gasteiger partial charge on any atom is 0.349 e. The number of hydrogen-bond donors (Lipinski definition) is 2. The minimum atomic E-state index is -0.887. The first-order valence-electron chi connectivity index (χ1n) is 7.86. The number of anilines is 1. The van der Waals surface area contributed by atoms with E-state index in [9.17, 15) is 14.4 Å². The normalized spacial score (nSPS) is 11.6. The fourth-order valence-electron chi connectivity index (χ4n) is 1.99. The van der Waals surface area contributed by atoms with Crippen molar-refractivity contribution in [2.75, 3.05) is 11.9 Å². The van der Waals surface area contributed by atoms with E-state index in [4.69, 9.17) is 9.15 Å². The number of thiophene rings is 1. The zero-order valence-electron chi connectivity index (χ0n) is 14.3. The molecule has 2 rings (SSSR count). The second-order valence-electron chi connectivity index (χ2n) is 5.39. The average molecular weight is 364 g/mol. The zero-order chi connectivity index (χ0) is 18.4. The Morgan fingerprint density at radius 3 is 2.76 bits per heavy atom. The van der Waals surface area contributed by atoms with Gasteiger partial charge in [0.05, 0.1) is 11.3 Å². The van der Waals surface area contributed by atoms with Crippen LogP contribution in [0, 0.1) is 6.92 Å². The standard InChI is InChI=1S/C17H20N2O5S/c1-4-7-18-15(20)11(3)24-17(22)14-10(2)9-13(25-14)19-16(21)12-6-5-8-23-12/h5-6,8-9,11H,4,7H2,1-3H3,(H,18,20)(H,19,21). The molecule has 25 heavy (non-hydrogen) atoms. The van der Waals surface area contributed by atoms with Gasteiger partial charge >= 0.3 is 5.97 Å². The van der Waals surface area contributed by atoms with Crippen LogP contribution in [-0.4, -0.2) is 30.4 Å². The molecule has 1 unspecified atom stereocenters. The van der Waals surface area contributed by atoms with Crippen molar-refractivity contribution in [3.63, 3.8) is 0 Å². The third-order valence-corrected chi connectivity index (χ3v) is 4.42. The molecule has 2 heterocycles. The minimum absolute atomic E-state index is 0.177. The first-order valence-corrected chi connectivity index (χ1v) is 8.68. The summed E-state index contributed by atoms with van der Waals surface area (Å²) in [7, 11) is 0. The molecule has 0 bridgehead atoms. The number of carbonyl (C=O) groups excluding carboxylic acids is 3. The van der Waals surface area contributed by atoms with Gasteiger partial charge in [-0.15, -0.1) is 11.3 Å². The Balaban J connectivity index is 2.00. The highest BCUT2D eigenvalue weighted by Crippen LogP contribution is 2.28. The third kappa shape index (κ3) is 4.93. The van der Waals surface area contributed by atoms with E-state index >= 15 is 0 Å². The number of nitrogens with one attached hydrogen (secondary N) is 2. The summed E-state index contributed by atoms with van der Waals surface area (Å²) >= 11 is 1.08. The molecule has 0 saturated carbocycles. The van der Waals surface area contributed by atoms with Gasteiger partial charge in [0.15, 0.2) is 11.9 Å². The van der Waals surface area contributed by atoms with E-state index in [1.807, 2.05) is 6.92 Å². The highest BCUT2D eigenvalue weighted by Gasteiger charge is 2.22. The van der Waals surface area contributed by atoms with Crippen LogP contribution in [0.5, 0.6) is 0 Å². The lowest BCUT2D eigenvalue weighted by atomic mass is 10.3. The fraction of sp³-hybridized carbons (Fsp3) is 0.353. The predicted octanol–water partition coefficient (Wildman–Crippen LogP) is 2.97. The predicted molar refractivity (Wildman–Crippen MR) is 93.9 cm³/mol. The van der Waals surface area contributed by atoms with Crippen LogP contribution in [0.4, 0.5) is 5.00 Å². The molecule has 0 fully saturated rings. The Bertz CT molecular complexity index is 751. The smallest absolute Gasteiger partial charge is 0.349 e. The van der Waals surface area contributed by atoms with Gasteiger partial charge in [-0.1, -0.05) is 6.92 Å². The van der Waals surface area contributed by atoms with Crippen molar-refractivity contribution in [3.8, 4) is 0 Å². The van der Waals surface area contributed by atoms with Crippen LogP contribution in [0.3, 0.4) is 0 Å². The van der Waals surface area contributed by atoms with Gasteiger partial charge in [-0.25, -0.2) is 4.79 Å². The molecule has 0 aliphatic rings. The molecular formula is C17H20N2O5S. The molecule has 0 saturated heterocycles. The molecule has 0 radical (unpaired) electrons. The summed E-state index contributed by atoms with van der Waals surface area (Å²) in [6, 6.07) is 4.83. The lowest BCUT2D eigenvalue weighted by Crippen LogP contribution is -2.36. The van der Waals surface area contributed by atoms with Gasteiger partial charge < -0.3 is 19.8 Å². The summed E-state index contributed by atoms with van der Waals surface area (Å²) in [5.41, 5.74) is 0.658. The van der Waals surface area contributed by atoms with E-state index in [1.165, 1.54) is 13.2 Å². The van der Waals surface area contributed by atoms with Crippen LogP contribution in [0.2, 0.25) is 0 Å². The van der Waals surface area contributed by atoms with Crippen LogP contribution in [0.15, 0.2) is 28.9 Å². The molecule has 2 N–H and O–H groups in total. The van der Waals surface area contributed by atoms with E-state index in [-0.39, 0.29) is 11.7 Å². The molecule has 1 atom stereocenters. The lowest BCUT2D eigenvalue weighted by molar-refractivity contribution is -0.129. The highest BCUT2D eigenvalue weighted by atomic mass is 32.1. The molecule has 7 nitrogen and oxygen atoms in total. The van der Waals surface area contributed by atoms with Crippen LogP contribution < -0.4 is 10.6 Å². The molecule has 0 aromatic carbocycles. The summed E-state index contributed by atoms with van der Waals surface area (Å²) in [5.74, 6) is -1.16. The van der Waals surface area contributed by atoms with Crippen LogP contribution in [-0.2, 0) is 9.53 Å². The summed E-state index contributed by atoms with van der Waals surface area (Å²) in [4.78, 5) is 36.3. The number of aryl methyl sites for hydroxylation is 1. The van der Waals surface area contributed by atoms with Crippen LogP contribution >= 0.6 is 11.3 Å². The first-order chi connectivity index (χ1) is 11.9. The number of rotatable bonds is 7. The van der Waals surface area contributed by atoms with Crippen molar-refractivity contribution >= 4 is 34.1 Å². The van der Waals surface area contributed by atoms with Gasteiger partial charge in [0.25, 0.3) is 11.8 Å². The van der Waals surface area contributed by atoms with Crippen molar-refractivity contribution < 1.29 is 23.5 Å². The van der Waals surface area contributed by atoms with Gasteiger partial charge in [0, 0.05) is 6.54 Å². The monoisotopic (exact) mass is 364 g/mol. The SMILES string of the molecule is CCCNC(=O)C(C)OC(=O)c1sc(NC(=O)c2ccco2)cc1C. The molecule has 0 spiro atoms. The molecule has 8 heteroatoms. The second kappa shape index (κ2) is 8.48. The fourth-order valence-corrected chi connectivity index (χ4v) is 2.94. The first kappa shape index (κ1) is 18.7. The Hall–Kier alpha value is -2.61.